The summed E-state index contributed by atoms with van der Waals surface area (Å²) in [5, 5.41) is 3.66. The number of hydrogen-bond donors (Lipinski definition) is 1. The Morgan fingerprint density at radius 3 is 2.72 bits per heavy atom. The van der Waals surface area contributed by atoms with Crippen molar-refractivity contribution in [2.24, 2.45) is 11.3 Å². The largest absolute Gasteiger partial charge is 0.316 e. The SMILES string of the molecule is CCCCCNCC1(C(C)CCC)C=CC=[C]C1. The molecule has 1 aliphatic carbocycles. The Labute approximate surface area is 114 Å². The van der Waals surface area contributed by atoms with Gasteiger partial charge in [-0.3, -0.25) is 0 Å². The van der Waals surface area contributed by atoms with E-state index in [1.807, 2.05) is 0 Å². The first-order valence-corrected chi connectivity index (χ1v) is 7.70. The van der Waals surface area contributed by atoms with Crippen LogP contribution in [0, 0.1) is 17.4 Å². The Balaban J connectivity index is 2.45. The second-order valence-corrected chi connectivity index (χ2v) is 5.71. The molecule has 0 aromatic carbocycles. The standard InChI is InChI=1S/C17H30N/c1-4-6-10-14-18-15-17(16(3)11-5-2)12-8-7-9-13-17/h7-8,12,16,18H,4-6,10-11,13-15H2,1-3H3. The number of hydrogen-bond acceptors (Lipinski definition) is 1. The maximum absolute atomic E-state index is 3.66. The monoisotopic (exact) mass is 248 g/mol. The Kier molecular flexibility index (Phi) is 7.34. The van der Waals surface area contributed by atoms with Crippen molar-refractivity contribution in [3.05, 3.63) is 24.3 Å². The fraction of sp³-hybridized carbons (Fsp3) is 0.765. The lowest BCUT2D eigenvalue weighted by Crippen LogP contribution is -2.39. The molecule has 0 aromatic rings. The zero-order valence-corrected chi connectivity index (χ0v) is 12.5. The molecule has 0 aromatic heterocycles. The predicted octanol–water partition coefficient (Wildman–Crippen LogP) is 4.51. The van der Waals surface area contributed by atoms with E-state index in [-0.39, 0.29) is 0 Å². The normalized spacial score (nSPS) is 24.4. The highest BCUT2D eigenvalue weighted by Gasteiger charge is 2.32. The molecule has 1 aliphatic rings. The van der Waals surface area contributed by atoms with Gasteiger partial charge < -0.3 is 5.32 Å². The molecule has 2 unspecified atom stereocenters. The smallest absolute Gasteiger partial charge is 0.00756 e. The summed E-state index contributed by atoms with van der Waals surface area (Å²) in [6, 6.07) is 0. The highest BCUT2D eigenvalue weighted by Crippen LogP contribution is 2.37. The van der Waals surface area contributed by atoms with Gasteiger partial charge in [0.2, 0.25) is 0 Å². The number of rotatable bonds is 9. The molecule has 2 atom stereocenters. The van der Waals surface area contributed by atoms with Gasteiger partial charge in [0.1, 0.15) is 0 Å². The van der Waals surface area contributed by atoms with Gasteiger partial charge in [0.05, 0.1) is 0 Å². The van der Waals surface area contributed by atoms with E-state index in [9.17, 15) is 0 Å². The molecule has 0 bridgehead atoms. The van der Waals surface area contributed by atoms with E-state index in [2.05, 4.69) is 50.4 Å². The predicted molar refractivity (Wildman–Crippen MR) is 80.5 cm³/mol. The minimum atomic E-state index is 0.303. The maximum Gasteiger partial charge on any atom is 0.00756 e. The average molecular weight is 248 g/mol. The first-order valence-electron chi connectivity index (χ1n) is 7.70. The molecule has 1 N–H and O–H groups in total. The molecular formula is C17H30N. The van der Waals surface area contributed by atoms with Crippen LogP contribution in [0.3, 0.4) is 0 Å². The molecule has 0 spiro atoms. The van der Waals surface area contributed by atoms with Gasteiger partial charge in [-0.2, -0.15) is 0 Å². The Morgan fingerprint density at radius 1 is 1.28 bits per heavy atom. The summed E-state index contributed by atoms with van der Waals surface area (Å²) in [5.41, 5.74) is 0.303. The van der Waals surface area contributed by atoms with E-state index < -0.39 is 0 Å². The molecule has 1 radical (unpaired) electrons. The zero-order valence-electron chi connectivity index (χ0n) is 12.5. The molecule has 1 rings (SSSR count). The second-order valence-electron chi connectivity index (χ2n) is 5.71. The Bertz CT molecular complexity index is 267. The molecular weight excluding hydrogens is 218 g/mol. The van der Waals surface area contributed by atoms with Crippen LogP contribution in [0.1, 0.15) is 59.3 Å². The van der Waals surface area contributed by atoms with E-state index in [0.29, 0.717) is 5.41 Å². The van der Waals surface area contributed by atoms with Gasteiger partial charge in [0.25, 0.3) is 0 Å². The summed E-state index contributed by atoms with van der Waals surface area (Å²) >= 11 is 0. The fourth-order valence-electron chi connectivity index (χ4n) is 2.79. The maximum atomic E-state index is 3.66. The summed E-state index contributed by atoms with van der Waals surface area (Å²) in [6.45, 7) is 9.20. The van der Waals surface area contributed by atoms with Crippen molar-refractivity contribution in [1.82, 2.24) is 5.32 Å². The summed E-state index contributed by atoms with van der Waals surface area (Å²) in [4.78, 5) is 0. The summed E-state index contributed by atoms with van der Waals surface area (Å²) < 4.78 is 0. The topological polar surface area (TPSA) is 12.0 Å². The van der Waals surface area contributed by atoms with Gasteiger partial charge in [0, 0.05) is 12.0 Å². The van der Waals surface area contributed by atoms with Crippen LogP contribution in [-0.4, -0.2) is 13.1 Å². The molecule has 0 heterocycles. The van der Waals surface area contributed by atoms with E-state index in [0.717, 1.165) is 25.4 Å². The van der Waals surface area contributed by atoms with Gasteiger partial charge >= 0.3 is 0 Å². The van der Waals surface area contributed by atoms with Crippen molar-refractivity contribution in [2.45, 2.75) is 59.3 Å². The number of allylic oxidation sites excluding steroid dienone is 3. The quantitative estimate of drug-likeness (QED) is 0.592. The molecule has 18 heavy (non-hydrogen) atoms. The minimum Gasteiger partial charge on any atom is -0.316 e. The van der Waals surface area contributed by atoms with E-state index in [1.165, 1.54) is 32.1 Å². The highest BCUT2D eigenvalue weighted by atomic mass is 14.9. The lowest BCUT2D eigenvalue weighted by atomic mass is 9.70. The van der Waals surface area contributed by atoms with E-state index >= 15 is 0 Å². The molecule has 0 saturated carbocycles. The van der Waals surface area contributed by atoms with Gasteiger partial charge in [-0.1, -0.05) is 64.7 Å². The molecule has 0 fully saturated rings. The molecule has 0 aliphatic heterocycles. The van der Waals surface area contributed by atoms with Crippen LogP contribution in [0.25, 0.3) is 0 Å². The lowest BCUT2D eigenvalue weighted by molar-refractivity contribution is 0.219. The second kappa shape index (κ2) is 8.53. The highest BCUT2D eigenvalue weighted by molar-refractivity contribution is 5.15. The van der Waals surface area contributed by atoms with Crippen molar-refractivity contribution >= 4 is 0 Å². The van der Waals surface area contributed by atoms with Crippen LogP contribution in [-0.2, 0) is 0 Å². The first-order chi connectivity index (χ1) is 8.75. The van der Waals surface area contributed by atoms with Crippen LogP contribution in [0.2, 0.25) is 0 Å². The van der Waals surface area contributed by atoms with Crippen LogP contribution in [0.15, 0.2) is 18.2 Å². The third-order valence-electron chi connectivity index (χ3n) is 4.19. The third-order valence-corrected chi connectivity index (χ3v) is 4.19. The van der Waals surface area contributed by atoms with Crippen LogP contribution < -0.4 is 5.32 Å². The molecule has 1 heteroatoms. The lowest BCUT2D eigenvalue weighted by Gasteiger charge is -2.37. The van der Waals surface area contributed by atoms with Gasteiger partial charge in [-0.05, 0) is 31.4 Å². The van der Waals surface area contributed by atoms with Crippen molar-refractivity contribution in [2.75, 3.05) is 13.1 Å². The van der Waals surface area contributed by atoms with Crippen molar-refractivity contribution in [3.8, 4) is 0 Å². The summed E-state index contributed by atoms with van der Waals surface area (Å²) in [6.07, 6.45) is 17.7. The van der Waals surface area contributed by atoms with Crippen molar-refractivity contribution < 1.29 is 0 Å². The molecule has 0 saturated heterocycles. The molecule has 1 nitrogen and oxygen atoms in total. The van der Waals surface area contributed by atoms with Crippen LogP contribution >= 0.6 is 0 Å². The fourth-order valence-corrected chi connectivity index (χ4v) is 2.79. The minimum absolute atomic E-state index is 0.303. The summed E-state index contributed by atoms with van der Waals surface area (Å²) in [7, 11) is 0. The average Bonchev–Trinajstić information content (AvgIpc) is 2.40. The Hall–Kier alpha value is -0.560. The van der Waals surface area contributed by atoms with Crippen LogP contribution in [0.4, 0.5) is 0 Å². The molecule has 0 amide bonds. The van der Waals surface area contributed by atoms with Crippen molar-refractivity contribution in [1.29, 1.82) is 0 Å². The number of unbranched alkanes of at least 4 members (excludes halogenated alkanes) is 2. The van der Waals surface area contributed by atoms with Crippen LogP contribution in [0.5, 0.6) is 0 Å². The van der Waals surface area contributed by atoms with Gasteiger partial charge in [0.15, 0.2) is 0 Å². The van der Waals surface area contributed by atoms with Gasteiger partial charge in [-0.15, -0.1) is 0 Å². The van der Waals surface area contributed by atoms with E-state index in [4.69, 9.17) is 0 Å². The zero-order chi connectivity index (χ0) is 13.3. The first kappa shape index (κ1) is 15.5. The third kappa shape index (κ3) is 4.61. The number of nitrogens with one attached hydrogen (secondary N) is 1. The Morgan fingerprint density at radius 2 is 2.11 bits per heavy atom. The summed E-state index contributed by atoms with van der Waals surface area (Å²) in [5.74, 6) is 0.735. The van der Waals surface area contributed by atoms with Crippen molar-refractivity contribution in [3.63, 3.8) is 0 Å². The molecule has 103 valence electrons. The van der Waals surface area contributed by atoms with E-state index in [1.54, 1.807) is 0 Å². The van der Waals surface area contributed by atoms with Gasteiger partial charge in [-0.25, -0.2) is 0 Å².